The number of amides is 1. The Kier molecular flexibility index (Phi) is 3.65. The third-order valence-corrected chi connectivity index (χ3v) is 3.88. The van der Waals surface area contributed by atoms with Crippen LogP contribution in [0.25, 0.3) is 11.3 Å². The topological polar surface area (TPSA) is 75.0 Å². The van der Waals surface area contributed by atoms with Crippen molar-refractivity contribution in [3.8, 4) is 11.3 Å². The SMILES string of the molecule is N[C@@H]1CCN(C(=O)c2cn[nH]c2-c2ccc(F)c(Cl)c2)C1. The fourth-order valence-corrected chi connectivity index (χ4v) is 2.64. The Morgan fingerprint density at radius 2 is 2.33 bits per heavy atom. The summed E-state index contributed by atoms with van der Waals surface area (Å²) in [5.41, 5.74) is 7.41. The number of benzene rings is 1. The van der Waals surface area contributed by atoms with Gasteiger partial charge in [-0.3, -0.25) is 9.89 Å². The minimum absolute atomic E-state index is 0.00342. The molecular formula is C14H14ClFN4O. The zero-order valence-electron chi connectivity index (χ0n) is 11.1. The van der Waals surface area contributed by atoms with E-state index in [1.807, 2.05) is 0 Å². The highest BCUT2D eigenvalue weighted by Gasteiger charge is 2.27. The van der Waals surface area contributed by atoms with Crippen LogP contribution < -0.4 is 5.73 Å². The summed E-state index contributed by atoms with van der Waals surface area (Å²) >= 11 is 5.79. The first kappa shape index (κ1) is 14.0. The number of nitrogens with two attached hydrogens (primary N) is 1. The standard InChI is InChI=1S/C14H14ClFN4O/c15-11-5-8(1-2-12(11)16)13-10(6-18-19-13)14(21)20-4-3-9(17)7-20/h1-2,5-6,9H,3-4,7,17H2,(H,18,19)/t9-/m1/s1. The number of aromatic amines is 1. The molecule has 0 saturated carbocycles. The number of rotatable bonds is 2. The predicted octanol–water partition coefficient (Wildman–Crippen LogP) is 2.04. The predicted molar refractivity (Wildman–Crippen MR) is 77.5 cm³/mol. The molecule has 5 nitrogen and oxygen atoms in total. The van der Waals surface area contributed by atoms with E-state index in [0.29, 0.717) is 29.9 Å². The van der Waals surface area contributed by atoms with Gasteiger partial charge in [-0.2, -0.15) is 5.10 Å². The molecule has 3 N–H and O–H groups in total. The van der Waals surface area contributed by atoms with E-state index >= 15 is 0 Å². The van der Waals surface area contributed by atoms with Gasteiger partial charge in [0.15, 0.2) is 0 Å². The lowest BCUT2D eigenvalue weighted by molar-refractivity contribution is 0.0791. The van der Waals surface area contributed by atoms with Crippen LogP contribution >= 0.6 is 11.6 Å². The minimum Gasteiger partial charge on any atom is -0.337 e. The number of halogens is 2. The summed E-state index contributed by atoms with van der Waals surface area (Å²) in [6.45, 7) is 1.17. The Morgan fingerprint density at radius 1 is 1.52 bits per heavy atom. The summed E-state index contributed by atoms with van der Waals surface area (Å²) in [6, 6.07) is 4.31. The lowest BCUT2D eigenvalue weighted by Crippen LogP contribution is -2.31. The second-order valence-electron chi connectivity index (χ2n) is 5.09. The molecule has 7 heteroatoms. The average molecular weight is 309 g/mol. The van der Waals surface area contributed by atoms with E-state index in [0.717, 1.165) is 6.42 Å². The van der Waals surface area contributed by atoms with Crippen molar-refractivity contribution < 1.29 is 9.18 Å². The molecule has 1 aliphatic heterocycles. The summed E-state index contributed by atoms with van der Waals surface area (Å²) in [7, 11) is 0. The normalized spacial score (nSPS) is 18.2. The van der Waals surface area contributed by atoms with Gasteiger partial charge in [0.1, 0.15) is 5.82 Å². The van der Waals surface area contributed by atoms with Gasteiger partial charge in [-0.15, -0.1) is 0 Å². The molecule has 1 aromatic heterocycles. The quantitative estimate of drug-likeness (QED) is 0.891. The molecule has 1 atom stereocenters. The number of aromatic nitrogens is 2. The smallest absolute Gasteiger partial charge is 0.257 e. The van der Waals surface area contributed by atoms with E-state index in [2.05, 4.69) is 10.2 Å². The lowest BCUT2D eigenvalue weighted by atomic mass is 10.1. The number of hydrogen-bond donors (Lipinski definition) is 2. The van der Waals surface area contributed by atoms with Crippen LogP contribution in [0.2, 0.25) is 5.02 Å². The van der Waals surface area contributed by atoms with Crippen molar-refractivity contribution >= 4 is 17.5 Å². The molecule has 1 aliphatic rings. The van der Waals surface area contributed by atoms with Crippen molar-refractivity contribution in [1.82, 2.24) is 15.1 Å². The molecule has 0 bridgehead atoms. The molecule has 1 fully saturated rings. The number of hydrogen-bond acceptors (Lipinski definition) is 3. The van der Waals surface area contributed by atoms with Gasteiger partial charge in [0, 0.05) is 24.7 Å². The molecule has 110 valence electrons. The Hall–Kier alpha value is -1.92. The molecule has 3 rings (SSSR count). The summed E-state index contributed by atoms with van der Waals surface area (Å²) in [4.78, 5) is 14.2. The van der Waals surface area contributed by atoms with Gasteiger partial charge >= 0.3 is 0 Å². The van der Waals surface area contributed by atoms with Crippen LogP contribution in [0.3, 0.4) is 0 Å². The Bertz CT molecular complexity index is 687. The van der Waals surface area contributed by atoms with Crippen molar-refractivity contribution in [2.45, 2.75) is 12.5 Å². The Balaban J connectivity index is 1.93. The van der Waals surface area contributed by atoms with E-state index < -0.39 is 5.82 Å². The minimum atomic E-state index is -0.502. The second kappa shape index (κ2) is 5.46. The molecule has 0 spiro atoms. The highest BCUT2D eigenvalue weighted by atomic mass is 35.5. The lowest BCUT2D eigenvalue weighted by Gasteiger charge is -2.15. The summed E-state index contributed by atoms with van der Waals surface area (Å²) in [6.07, 6.45) is 2.26. The highest BCUT2D eigenvalue weighted by molar-refractivity contribution is 6.31. The van der Waals surface area contributed by atoms with Crippen molar-refractivity contribution in [1.29, 1.82) is 0 Å². The molecule has 0 aliphatic carbocycles. The van der Waals surface area contributed by atoms with E-state index in [4.69, 9.17) is 17.3 Å². The van der Waals surface area contributed by atoms with Gasteiger partial charge in [-0.1, -0.05) is 11.6 Å². The molecule has 0 unspecified atom stereocenters. The van der Waals surface area contributed by atoms with E-state index in [1.165, 1.54) is 18.3 Å². The third-order valence-electron chi connectivity index (χ3n) is 3.59. The zero-order valence-corrected chi connectivity index (χ0v) is 11.9. The maximum absolute atomic E-state index is 13.2. The summed E-state index contributed by atoms with van der Waals surface area (Å²) in [5.74, 6) is -0.634. The third kappa shape index (κ3) is 2.64. The average Bonchev–Trinajstić information content (AvgIpc) is 3.10. The van der Waals surface area contributed by atoms with Crippen LogP contribution in [0, 0.1) is 5.82 Å². The number of nitrogens with zero attached hydrogens (tertiary/aromatic N) is 2. The van der Waals surface area contributed by atoms with Crippen LogP contribution in [-0.4, -0.2) is 40.1 Å². The molecule has 2 heterocycles. The van der Waals surface area contributed by atoms with Crippen molar-refractivity contribution in [2.24, 2.45) is 5.73 Å². The van der Waals surface area contributed by atoms with Gasteiger partial charge in [0.05, 0.1) is 22.5 Å². The molecule has 1 saturated heterocycles. The van der Waals surface area contributed by atoms with Gasteiger partial charge in [-0.05, 0) is 24.6 Å². The number of likely N-dealkylation sites (tertiary alicyclic amines) is 1. The number of nitrogens with one attached hydrogen (secondary N) is 1. The van der Waals surface area contributed by atoms with Crippen molar-refractivity contribution in [3.05, 3.63) is 40.8 Å². The molecular weight excluding hydrogens is 295 g/mol. The van der Waals surface area contributed by atoms with Gasteiger partial charge in [-0.25, -0.2) is 4.39 Å². The van der Waals surface area contributed by atoms with Gasteiger partial charge < -0.3 is 10.6 Å². The van der Waals surface area contributed by atoms with Crippen molar-refractivity contribution in [3.63, 3.8) is 0 Å². The highest BCUT2D eigenvalue weighted by Crippen LogP contribution is 2.27. The van der Waals surface area contributed by atoms with Crippen LogP contribution in [0.1, 0.15) is 16.8 Å². The maximum Gasteiger partial charge on any atom is 0.257 e. The molecule has 1 aromatic carbocycles. The molecule has 2 aromatic rings. The van der Waals surface area contributed by atoms with Crippen LogP contribution in [0.15, 0.2) is 24.4 Å². The van der Waals surface area contributed by atoms with Crippen LogP contribution in [-0.2, 0) is 0 Å². The monoisotopic (exact) mass is 308 g/mol. The van der Waals surface area contributed by atoms with Crippen LogP contribution in [0.5, 0.6) is 0 Å². The zero-order chi connectivity index (χ0) is 15.0. The van der Waals surface area contributed by atoms with E-state index in [9.17, 15) is 9.18 Å². The first-order valence-corrected chi connectivity index (χ1v) is 6.97. The fraction of sp³-hybridized carbons (Fsp3) is 0.286. The molecule has 21 heavy (non-hydrogen) atoms. The first-order chi connectivity index (χ1) is 10.1. The van der Waals surface area contributed by atoms with Gasteiger partial charge in [0.2, 0.25) is 0 Å². The molecule has 0 radical (unpaired) electrons. The molecule has 1 amide bonds. The Morgan fingerprint density at radius 3 is 3.00 bits per heavy atom. The number of carbonyl (C=O) groups is 1. The maximum atomic E-state index is 13.2. The first-order valence-electron chi connectivity index (χ1n) is 6.60. The van der Waals surface area contributed by atoms with Crippen LogP contribution in [0.4, 0.5) is 4.39 Å². The summed E-state index contributed by atoms with van der Waals surface area (Å²) in [5, 5.41) is 6.70. The van der Waals surface area contributed by atoms with Gasteiger partial charge in [0.25, 0.3) is 5.91 Å². The number of H-pyrrole nitrogens is 1. The fourth-order valence-electron chi connectivity index (χ4n) is 2.46. The summed E-state index contributed by atoms with van der Waals surface area (Å²) < 4.78 is 13.2. The van der Waals surface area contributed by atoms with E-state index in [-0.39, 0.29) is 17.0 Å². The Labute approximate surface area is 125 Å². The second-order valence-corrected chi connectivity index (χ2v) is 5.49. The van der Waals surface area contributed by atoms with Crippen molar-refractivity contribution in [2.75, 3.05) is 13.1 Å². The van der Waals surface area contributed by atoms with E-state index in [1.54, 1.807) is 11.0 Å². The largest absolute Gasteiger partial charge is 0.337 e. The number of carbonyl (C=O) groups excluding carboxylic acids is 1.